The van der Waals surface area contributed by atoms with Gasteiger partial charge in [0, 0.05) is 19.3 Å². The highest BCUT2D eigenvalue weighted by Gasteiger charge is 2.35. The fourth-order valence-electron chi connectivity index (χ4n) is 1.93. The Hall–Kier alpha value is -1.52. The van der Waals surface area contributed by atoms with Crippen molar-refractivity contribution in [1.82, 2.24) is 4.47 Å². The first kappa shape index (κ1) is 20.5. The molecule has 1 aromatic rings. The van der Waals surface area contributed by atoms with Crippen molar-refractivity contribution >= 4 is 21.6 Å². The number of nitrogens with zero attached hydrogens (tertiary/aromatic N) is 1. The van der Waals surface area contributed by atoms with E-state index in [9.17, 15) is 18.3 Å². The number of rotatable bonds is 9. The summed E-state index contributed by atoms with van der Waals surface area (Å²) in [5, 5.41) is 12.4. The van der Waals surface area contributed by atoms with Gasteiger partial charge in [-0.25, -0.2) is 8.42 Å². The van der Waals surface area contributed by atoms with Gasteiger partial charge >= 0.3 is 0 Å². The van der Waals surface area contributed by atoms with Gasteiger partial charge in [-0.15, -0.1) is 0 Å². The maximum atomic E-state index is 12.2. The van der Waals surface area contributed by atoms with Gasteiger partial charge < -0.3 is 15.2 Å². The minimum atomic E-state index is -4.40. The van der Waals surface area contributed by atoms with Gasteiger partial charge in [0.05, 0.1) is 0 Å². The summed E-state index contributed by atoms with van der Waals surface area (Å²) in [6.07, 6.45) is 0.650. The number of carbonyl (C=O) groups excluding carboxylic acids is 1. The Morgan fingerprint density at radius 3 is 2.62 bits per heavy atom. The van der Waals surface area contributed by atoms with Gasteiger partial charge in [0.2, 0.25) is 0 Å². The number of amides is 1. The molecule has 8 nitrogen and oxygen atoms in total. The van der Waals surface area contributed by atoms with E-state index in [1.807, 2.05) is 19.1 Å². The molecule has 1 amide bonds. The van der Waals surface area contributed by atoms with Crippen LogP contribution in [0.15, 0.2) is 18.2 Å². The van der Waals surface area contributed by atoms with Crippen LogP contribution in [-0.2, 0) is 30.8 Å². The first-order chi connectivity index (χ1) is 11.3. The molecule has 0 saturated carbocycles. The SMILES string of the molecule is CCOCON(C)S(=O)(=O)C(O)C(=O)Nc1c(C)cccc1CC. The lowest BCUT2D eigenvalue weighted by Gasteiger charge is -2.21. The number of ether oxygens (including phenoxy) is 1. The second-order valence-electron chi connectivity index (χ2n) is 5.00. The third-order valence-electron chi connectivity index (χ3n) is 3.37. The lowest BCUT2D eigenvalue weighted by atomic mass is 10.1. The molecular weight excluding hydrogens is 336 g/mol. The molecule has 136 valence electrons. The Morgan fingerprint density at radius 1 is 1.38 bits per heavy atom. The zero-order valence-corrected chi connectivity index (χ0v) is 15.1. The summed E-state index contributed by atoms with van der Waals surface area (Å²) in [6.45, 7) is 5.44. The van der Waals surface area contributed by atoms with Crippen molar-refractivity contribution in [2.75, 3.05) is 25.8 Å². The van der Waals surface area contributed by atoms with Gasteiger partial charge in [-0.3, -0.25) is 9.63 Å². The topological polar surface area (TPSA) is 105 Å². The molecule has 1 rings (SSSR count). The third-order valence-corrected chi connectivity index (χ3v) is 4.98. The highest BCUT2D eigenvalue weighted by molar-refractivity contribution is 7.90. The molecule has 2 N–H and O–H groups in total. The number of hydroxylamine groups is 1. The van der Waals surface area contributed by atoms with E-state index in [1.165, 1.54) is 0 Å². The number of aryl methyl sites for hydroxylation is 2. The second-order valence-corrected chi connectivity index (χ2v) is 6.99. The van der Waals surface area contributed by atoms with E-state index in [4.69, 9.17) is 9.57 Å². The molecule has 0 spiro atoms. The number of sulfonamides is 1. The number of aliphatic hydroxyl groups excluding tert-OH is 1. The number of benzene rings is 1. The van der Waals surface area contributed by atoms with Crippen molar-refractivity contribution in [3.8, 4) is 0 Å². The van der Waals surface area contributed by atoms with Crippen molar-refractivity contribution in [3.05, 3.63) is 29.3 Å². The number of anilines is 1. The Morgan fingerprint density at radius 2 is 2.04 bits per heavy atom. The highest BCUT2D eigenvalue weighted by Crippen LogP contribution is 2.22. The van der Waals surface area contributed by atoms with Crippen LogP contribution in [0.5, 0.6) is 0 Å². The number of hydrogen-bond donors (Lipinski definition) is 2. The Balaban J connectivity index is 2.87. The van der Waals surface area contributed by atoms with E-state index < -0.39 is 21.4 Å². The van der Waals surface area contributed by atoms with Crippen molar-refractivity contribution in [2.45, 2.75) is 32.6 Å². The lowest BCUT2D eigenvalue weighted by molar-refractivity contribution is -0.162. The van der Waals surface area contributed by atoms with E-state index in [0.29, 0.717) is 23.2 Å². The molecule has 0 radical (unpaired) electrons. The summed E-state index contributed by atoms with van der Waals surface area (Å²) in [5.41, 5.74) is -0.187. The quantitative estimate of drug-likeness (QED) is 0.387. The van der Waals surface area contributed by atoms with Crippen LogP contribution in [-0.4, -0.2) is 49.8 Å². The summed E-state index contributed by atoms with van der Waals surface area (Å²) in [7, 11) is -3.32. The van der Waals surface area contributed by atoms with Crippen LogP contribution in [0.3, 0.4) is 0 Å². The van der Waals surface area contributed by atoms with E-state index in [1.54, 1.807) is 19.9 Å². The van der Waals surface area contributed by atoms with Crippen molar-refractivity contribution in [1.29, 1.82) is 0 Å². The third kappa shape index (κ3) is 4.99. The van der Waals surface area contributed by atoms with Gasteiger partial charge in [-0.2, -0.15) is 0 Å². The zero-order valence-electron chi connectivity index (χ0n) is 14.3. The molecule has 24 heavy (non-hydrogen) atoms. The monoisotopic (exact) mass is 360 g/mol. The average Bonchev–Trinajstić information content (AvgIpc) is 2.55. The standard InChI is InChI=1S/C15H24N2O6S/c1-5-12-9-7-8-11(3)13(12)16-14(18)15(19)24(20,21)17(4)23-10-22-6-2/h7-9,15,19H,5-6,10H2,1-4H3,(H,16,18). The van der Waals surface area contributed by atoms with E-state index in [2.05, 4.69) is 5.32 Å². The van der Waals surface area contributed by atoms with Gasteiger partial charge in [-0.1, -0.05) is 29.6 Å². The van der Waals surface area contributed by atoms with Crippen molar-refractivity contribution < 1.29 is 27.9 Å². The summed E-state index contributed by atoms with van der Waals surface area (Å²) >= 11 is 0. The normalized spacial score (nSPS) is 13.1. The molecule has 0 aliphatic heterocycles. The molecular formula is C15H24N2O6S. The maximum Gasteiger partial charge on any atom is 0.272 e. The Labute approximate surface area is 142 Å². The minimum Gasteiger partial charge on any atom is -0.368 e. The van der Waals surface area contributed by atoms with Gasteiger partial charge in [0.1, 0.15) is 0 Å². The molecule has 0 aromatic heterocycles. The van der Waals surface area contributed by atoms with Crippen molar-refractivity contribution in [3.63, 3.8) is 0 Å². The number of carbonyl (C=O) groups is 1. The predicted octanol–water partition coefficient (Wildman–Crippen LogP) is 1.00. The van der Waals surface area contributed by atoms with Crippen LogP contribution in [0.1, 0.15) is 25.0 Å². The van der Waals surface area contributed by atoms with Crippen LogP contribution < -0.4 is 5.32 Å². The molecule has 0 heterocycles. The van der Waals surface area contributed by atoms with E-state index in [-0.39, 0.29) is 6.79 Å². The molecule has 0 bridgehead atoms. The van der Waals surface area contributed by atoms with E-state index in [0.717, 1.165) is 18.2 Å². The Kier molecular flexibility index (Phi) is 7.77. The van der Waals surface area contributed by atoms with Gasteiger partial charge in [-0.05, 0) is 31.4 Å². The van der Waals surface area contributed by atoms with Gasteiger partial charge in [0.25, 0.3) is 21.4 Å². The van der Waals surface area contributed by atoms with E-state index >= 15 is 0 Å². The number of nitrogens with one attached hydrogen (secondary N) is 1. The summed E-state index contributed by atoms with van der Waals surface area (Å²) in [6, 6.07) is 5.44. The lowest BCUT2D eigenvalue weighted by Crippen LogP contribution is -2.43. The van der Waals surface area contributed by atoms with Crippen LogP contribution in [0.2, 0.25) is 0 Å². The van der Waals surface area contributed by atoms with Crippen LogP contribution in [0.25, 0.3) is 0 Å². The molecule has 0 aliphatic rings. The summed E-state index contributed by atoms with van der Waals surface area (Å²) in [4.78, 5) is 17.0. The number of para-hydroxylation sites is 1. The Bertz CT molecular complexity index is 662. The first-order valence-corrected chi connectivity index (χ1v) is 9.01. The predicted molar refractivity (Wildman–Crippen MR) is 89.5 cm³/mol. The van der Waals surface area contributed by atoms with Crippen LogP contribution in [0.4, 0.5) is 5.69 Å². The van der Waals surface area contributed by atoms with Gasteiger partial charge in [0.15, 0.2) is 6.79 Å². The smallest absolute Gasteiger partial charge is 0.272 e. The molecule has 1 atom stereocenters. The first-order valence-electron chi connectivity index (χ1n) is 7.51. The second kappa shape index (κ2) is 9.09. The molecule has 0 saturated heterocycles. The van der Waals surface area contributed by atoms with Crippen LogP contribution >= 0.6 is 0 Å². The molecule has 1 aromatic carbocycles. The van der Waals surface area contributed by atoms with Crippen LogP contribution in [0, 0.1) is 6.92 Å². The fraction of sp³-hybridized carbons (Fsp3) is 0.533. The zero-order chi connectivity index (χ0) is 18.3. The highest BCUT2D eigenvalue weighted by atomic mass is 32.2. The summed E-state index contributed by atoms with van der Waals surface area (Å²) < 4.78 is 29.6. The molecule has 9 heteroatoms. The minimum absolute atomic E-state index is 0.307. The largest absolute Gasteiger partial charge is 0.368 e. The van der Waals surface area contributed by atoms with Crippen molar-refractivity contribution in [2.24, 2.45) is 0 Å². The number of hydrogen-bond acceptors (Lipinski definition) is 6. The average molecular weight is 360 g/mol. The molecule has 0 fully saturated rings. The molecule has 0 aliphatic carbocycles. The maximum absolute atomic E-state index is 12.2. The molecule has 1 unspecified atom stereocenters. The number of aliphatic hydroxyl groups is 1. The summed E-state index contributed by atoms with van der Waals surface area (Å²) in [5.74, 6) is -1.05. The fourth-order valence-corrected chi connectivity index (χ4v) is 2.73.